The van der Waals surface area contributed by atoms with Gasteiger partial charge in [-0.2, -0.15) is 0 Å². The molecule has 1 rings (SSSR count). The maximum absolute atomic E-state index is 11.1. The van der Waals surface area contributed by atoms with Crippen LogP contribution < -0.4 is 5.73 Å². The molecule has 0 saturated carbocycles. The molecular formula is C8H14N2O2S. The zero-order chi connectivity index (χ0) is 9.84. The Morgan fingerprint density at radius 1 is 1.92 bits per heavy atom. The topological polar surface area (TPSA) is 64.7 Å². The first-order chi connectivity index (χ1) is 6.13. The molecule has 2 atom stereocenters. The van der Waals surface area contributed by atoms with Gasteiger partial charge < -0.3 is 10.5 Å². The van der Waals surface area contributed by atoms with E-state index in [0.717, 1.165) is 11.5 Å². The Morgan fingerprint density at radius 2 is 2.62 bits per heavy atom. The third-order valence-corrected chi connectivity index (χ3v) is 2.77. The first-order valence-corrected chi connectivity index (χ1v) is 5.15. The quantitative estimate of drug-likeness (QED) is 0.673. The number of esters is 1. The van der Waals surface area contributed by atoms with Crippen molar-refractivity contribution >= 4 is 22.8 Å². The van der Waals surface area contributed by atoms with Gasteiger partial charge in [0.2, 0.25) is 0 Å². The highest BCUT2D eigenvalue weighted by molar-refractivity contribution is 8.14. The van der Waals surface area contributed by atoms with Gasteiger partial charge in [0.15, 0.2) is 6.04 Å². The van der Waals surface area contributed by atoms with E-state index in [0.29, 0.717) is 5.75 Å². The molecule has 0 spiro atoms. The molecule has 0 amide bonds. The molecule has 0 fully saturated rings. The van der Waals surface area contributed by atoms with E-state index >= 15 is 0 Å². The fourth-order valence-electron chi connectivity index (χ4n) is 1.07. The lowest BCUT2D eigenvalue weighted by molar-refractivity contribution is -0.141. The molecule has 5 heteroatoms. The first kappa shape index (κ1) is 10.5. The summed E-state index contributed by atoms with van der Waals surface area (Å²) in [6.07, 6.45) is 0.748. The molecule has 0 saturated heterocycles. The van der Waals surface area contributed by atoms with Crippen LogP contribution in [0.5, 0.6) is 0 Å². The molecule has 0 aromatic heterocycles. The largest absolute Gasteiger partial charge is 0.467 e. The van der Waals surface area contributed by atoms with Crippen LogP contribution in [0, 0.1) is 0 Å². The molecule has 2 unspecified atom stereocenters. The van der Waals surface area contributed by atoms with Gasteiger partial charge in [-0.1, -0.05) is 0 Å². The number of ether oxygens (including phenoxy) is 1. The number of hydrogen-bond donors (Lipinski definition) is 1. The summed E-state index contributed by atoms with van der Waals surface area (Å²) >= 11 is 1.59. The summed E-state index contributed by atoms with van der Waals surface area (Å²) in [7, 11) is 1.38. The van der Waals surface area contributed by atoms with Gasteiger partial charge in [0, 0.05) is 18.2 Å². The predicted octanol–water partition coefficient (Wildman–Crippen LogP) is 0.411. The van der Waals surface area contributed by atoms with Gasteiger partial charge >= 0.3 is 5.97 Å². The second kappa shape index (κ2) is 4.62. The average molecular weight is 202 g/mol. The van der Waals surface area contributed by atoms with Crippen molar-refractivity contribution in [2.24, 2.45) is 10.7 Å². The van der Waals surface area contributed by atoms with Crippen LogP contribution in [-0.4, -0.2) is 36.0 Å². The number of nitrogens with zero attached hydrogens (tertiary/aromatic N) is 1. The molecule has 1 heterocycles. The van der Waals surface area contributed by atoms with E-state index in [4.69, 9.17) is 5.73 Å². The number of thioether (sulfide) groups is 1. The maximum Gasteiger partial charge on any atom is 0.331 e. The minimum atomic E-state index is -0.316. The lowest BCUT2D eigenvalue weighted by atomic mass is 10.3. The fraction of sp³-hybridized carbons (Fsp3) is 0.750. The Kier molecular flexibility index (Phi) is 3.74. The summed E-state index contributed by atoms with van der Waals surface area (Å²) in [6, 6.07) is -0.216. The Balaban J connectivity index is 2.48. The monoisotopic (exact) mass is 202 g/mol. The molecule has 0 aliphatic carbocycles. The van der Waals surface area contributed by atoms with Crippen LogP contribution in [0.3, 0.4) is 0 Å². The minimum absolute atomic E-state index is 0.0997. The van der Waals surface area contributed by atoms with Crippen LogP contribution in [0.25, 0.3) is 0 Å². The van der Waals surface area contributed by atoms with E-state index in [1.54, 1.807) is 11.8 Å². The summed E-state index contributed by atoms with van der Waals surface area (Å²) in [5, 5.41) is 0.963. The number of hydrogen-bond acceptors (Lipinski definition) is 5. The third-order valence-electron chi connectivity index (χ3n) is 1.68. The second-order valence-electron chi connectivity index (χ2n) is 3.05. The molecule has 1 aliphatic heterocycles. The van der Waals surface area contributed by atoms with Crippen molar-refractivity contribution < 1.29 is 9.53 Å². The lowest BCUT2D eigenvalue weighted by Crippen LogP contribution is -2.20. The smallest absolute Gasteiger partial charge is 0.331 e. The number of methoxy groups -OCH3 is 1. The number of rotatable bonds is 3. The molecule has 0 aromatic carbocycles. The van der Waals surface area contributed by atoms with Crippen molar-refractivity contribution in [3.63, 3.8) is 0 Å². The molecule has 0 radical (unpaired) electrons. The third kappa shape index (κ3) is 3.00. The Hall–Kier alpha value is -0.550. The fourth-order valence-corrected chi connectivity index (χ4v) is 2.21. The van der Waals surface area contributed by atoms with Crippen molar-refractivity contribution in [2.75, 3.05) is 12.9 Å². The van der Waals surface area contributed by atoms with Gasteiger partial charge in [-0.3, -0.25) is 4.99 Å². The summed E-state index contributed by atoms with van der Waals surface area (Å²) in [5.41, 5.74) is 5.62. The lowest BCUT2D eigenvalue weighted by Gasteiger charge is -2.02. The van der Waals surface area contributed by atoms with Crippen LogP contribution >= 0.6 is 11.8 Å². The summed E-state index contributed by atoms with van der Waals surface area (Å²) in [4.78, 5) is 15.3. The highest BCUT2D eigenvalue weighted by atomic mass is 32.2. The van der Waals surface area contributed by atoms with Gasteiger partial charge in [0.1, 0.15) is 0 Å². The van der Waals surface area contributed by atoms with Crippen molar-refractivity contribution in [3.05, 3.63) is 0 Å². The van der Waals surface area contributed by atoms with E-state index in [9.17, 15) is 4.79 Å². The molecule has 2 N–H and O–H groups in total. The molecule has 0 bridgehead atoms. The van der Waals surface area contributed by atoms with Crippen LogP contribution in [-0.2, 0) is 9.53 Å². The molecule has 1 aliphatic rings. The zero-order valence-corrected chi connectivity index (χ0v) is 8.63. The van der Waals surface area contributed by atoms with Crippen molar-refractivity contribution in [1.29, 1.82) is 0 Å². The number of carbonyl (C=O) groups is 1. The van der Waals surface area contributed by atoms with E-state index < -0.39 is 0 Å². The van der Waals surface area contributed by atoms with Crippen molar-refractivity contribution in [3.8, 4) is 0 Å². The Bertz CT molecular complexity index is 228. The highest BCUT2D eigenvalue weighted by Gasteiger charge is 2.25. The minimum Gasteiger partial charge on any atom is -0.467 e. The summed E-state index contributed by atoms with van der Waals surface area (Å²) in [5.74, 6) is 0.432. The van der Waals surface area contributed by atoms with Gasteiger partial charge in [0.05, 0.1) is 12.2 Å². The second-order valence-corrected chi connectivity index (χ2v) is 4.15. The summed E-state index contributed by atoms with van der Waals surface area (Å²) < 4.78 is 4.60. The SMILES string of the molecule is COC(=O)C1CSC(CC(C)N)=N1. The van der Waals surface area contributed by atoms with Crippen LogP contribution in [0.4, 0.5) is 0 Å². The maximum atomic E-state index is 11.1. The van der Waals surface area contributed by atoms with Crippen molar-refractivity contribution in [2.45, 2.75) is 25.4 Å². The first-order valence-electron chi connectivity index (χ1n) is 4.16. The molecule has 74 valence electrons. The van der Waals surface area contributed by atoms with Crippen LogP contribution in [0.1, 0.15) is 13.3 Å². The normalized spacial score (nSPS) is 23.9. The van der Waals surface area contributed by atoms with Gasteiger partial charge in [-0.05, 0) is 6.92 Å². The van der Waals surface area contributed by atoms with E-state index in [1.807, 2.05) is 6.92 Å². The highest BCUT2D eigenvalue weighted by Crippen LogP contribution is 2.21. The van der Waals surface area contributed by atoms with Crippen LogP contribution in [0.2, 0.25) is 0 Å². The average Bonchev–Trinajstić information content (AvgIpc) is 2.50. The van der Waals surface area contributed by atoms with Crippen LogP contribution in [0.15, 0.2) is 4.99 Å². The molecule has 0 aromatic rings. The molecule has 13 heavy (non-hydrogen) atoms. The summed E-state index contributed by atoms with van der Waals surface area (Å²) in [6.45, 7) is 1.93. The standard InChI is InChI=1S/C8H14N2O2S/c1-5(9)3-7-10-6(4-13-7)8(11)12-2/h5-6H,3-4,9H2,1-2H3. The van der Waals surface area contributed by atoms with Gasteiger partial charge in [0.25, 0.3) is 0 Å². The number of aliphatic imine (C=N–C) groups is 1. The van der Waals surface area contributed by atoms with Gasteiger partial charge in [-0.15, -0.1) is 11.8 Å². The van der Waals surface area contributed by atoms with Gasteiger partial charge in [-0.25, -0.2) is 4.79 Å². The van der Waals surface area contributed by atoms with E-state index in [-0.39, 0.29) is 18.1 Å². The van der Waals surface area contributed by atoms with Crippen molar-refractivity contribution in [1.82, 2.24) is 0 Å². The number of nitrogens with two attached hydrogens (primary N) is 1. The Morgan fingerprint density at radius 3 is 3.15 bits per heavy atom. The zero-order valence-electron chi connectivity index (χ0n) is 7.82. The predicted molar refractivity (Wildman–Crippen MR) is 54.0 cm³/mol. The Labute approximate surface area is 81.9 Å². The number of carbonyl (C=O) groups excluding carboxylic acids is 1. The molecule has 4 nitrogen and oxygen atoms in total. The van der Waals surface area contributed by atoms with E-state index in [2.05, 4.69) is 9.73 Å². The van der Waals surface area contributed by atoms with E-state index in [1.165, 1.54) is 7.11 Å². The molecular weight excluding hydrogens is 188 g/mol.